The SMILES string of the molecule is CC(C)(C)OC(=O)C[C@@H](C(N)=O)c1ccsc1. The van der Waals surface area contributed by atoms with E-state index >= 15 is 0 Å². The predicted octanol–water partition coefficient (Wildman–Crippen LogP) is 2.05. The van der Waals surface area contributed by atoms with Crippen LogP contribution >= 0.6 is 11.3 Å². The van der Waals surface area contributed by atoms with Gasteiger partial charge in [-0.1, -0.05) is 0 Å². The Labute approximate surface area is 105 Å². The smallest absolute Gasteiger partial charge is 0.307 e. The van der Waals surface area contributed by atoms with Crippen LogP contribution in [0.1, 0.15) is 38.7 Å². The first-order valence-corrected chi connectivity index (χ1v) is 6.27. The highest BCUT2D eigenvalue weighted by Gasteiger charge is 2.25. The number of carbonyl (C=O) groups excluding carboxylic acids is 2. The van der Waals surface area contributed by atoms with E-state index in [2.05, 4.69) is 0 Å². The molecule has 0 aliphatic heterocycles. The molecule has 1 heterocycles. The summed E-state index contributed by atoms with van der Waals surface area (Å²) in [5.74, 6) is -1.52. The zero-order chi connectivity index (χ0) is 13.1. The molecule has 0 fully saturated rings. The molecule has 0 aliphatic rings. The van der Waals surface area contributed by atoms with E-state index in [0.717, 1.165) is 5.56 Å². The Morgan fingerprint density at radius 3 is 2.53 bits per heavy atom. The molecule has 1 aromatic rings. The third kappa shape index (κ3) is 4.56. The molecule has 17 heavy (non-hydrogen) atoms. The van der Waals surface area contributed by atoms with Crippen molar-refractivity contribution in [1.82, 2.24) is 0 Å². The average Bonchev–Trinajstić information content (AvgIpc) is 2.63. The van der Waals surface area contributed by atoms with Gasteiger partial charge in [0.15, 0.2) is 0 Å². The topological polar surface area (TPSA) is 69.4 Å². The van der Waals surface area contributed by atoms with E-state index in [1.807, 2.05) is 10.8 Å². The van der Waals surface area contributed by atoms with E-state index in [9.17, 15) is 9.59 Å². The maximum atomic E-state index is 11.6. The number of thiophene rings is 1. The van der Waals surface area contributed by atoms with Gasteiger partial charge < -0.3 is 10.5 Å². The lowest BCUT2D eigenvalue weighted by Gasteiger charge is -2.21. The third-order valence-electron chi connectivity index (χ3n) is 2.08. The van der Waals surface area contributed by atoms with Crippen LogP contribution in [0.15, 0.2) is 16.8 Å². The van der Waals surface area contributed by atoms with Crippen LogP contribution in [-0.2, 0) is 14.3 Å². The zero-order valence-corrected chi connectivity index (χ0v) is 11.0. The van der Waals surface area contributed by atoms with Crippen molar-refractivity contribution >= 4 is 23.2 Å². The minimum atomic E-state index is -0.601. The largest absolute Gasteiger partial charge is 0.460 e. The second-order valence-electron chi connectivity index (χ2n) is 4.80. The molecule has 1 amide bonds. The van der Waals surface area contributed by atoms with Crippen LogP contribution in [0.2, 0.25) is 0 Å². The highest BCUT2D eigenvalue weighted by atomic mass is 32.1. The molecule has 1 rings (SSSR count). The van der Waals surface area contributed by atoms with Gasteiger partial charge in [0, 0.05) is 0 Å². The van der Waals surface area contributed by atoms with Gasteiger partial charge in [-0.05, 0) is 43.2 Å². The predicted molar refractivity (Wildman–Crippen MR) is 66.7 cm³/mol. The molecule has 0 radical (unpaired) electrons. The average molecular weight is 255 g/mol. The summed E-state index contributed by atoms with van der Waals surface area (Å²) in [6.45, 7) is 5.36. The van der Waals surface area contributed by atoms with Crippen LogP contribution in [0, 0.1) is 0 Å². The first-order valence-electron chi connectivity index (χ1n) is 5.33. The molecule has 0 saturated heterocycles. The second-order valence-corrected chi connectivity index (χ2v) is 5.58. The quantitative estimate of drug-likeness (QED) is 0.837. The molecular formula is C12H17NO3S. The second kappa shape index (κ2) is 5.31. The van der Waals surface area contributed by atoms with Crippen molar-refractivity contribution in [3.63, 3.8) is 0 Å². The first-order chi connectivity index (χ1) is 7.79. The van der Waals surface area contributed by atoms with Gasteiger partial charge in [-0.15, -0.1) is 0 Å². The maximum absolute atomic E-state index is 11.6. The van der Waals surface area contributed by atoms with Crippen molar-refractivity contribution in [2.75, 3.05) is 0 Å². The number of hydrogen-bond donors (Lipinski definition) is 1. The molecule has 0 bridgehead atoms. The van der Waals surface area contributed by atoms with Crippen molar-refractivity contribution < 1.29 is 14.3 Å². The van der Waals surface area contributed by atoms with Crippen LogP contribution < -0.4 is 5.73 Å². The molecule has 0 spiro atoms. The number of esters is 1. The Bertz CT molecular complexity index is 392. The van der Waals surface area contributed by atoms with E-state index in [-0.39, 0.29) is 6.42 Å². The molecule has 2 N–H and O–H groups in total. The van der Waals surface area contributed by atoms with E-state index in [4.69, 9.17) is 10.5 Å². The Morgan fingerprint density at radius 1 is 1.47 bits per heavy atom. The minimum absolute atomic E-state index is 0.0106. The van der Waals surface area contributed by atoms with Gasteiger partial charge in [-0.3, -0.25) is 9.59 Å². The fraction of sp³-hybridized carbons (Fsp3) is 0.500. The van der Waals surface area contributed by atoms with E-state index in [1.54, 1.807) is 26.8 Å². The summed E-state index contributed by atoms with van der Waals surface area (Å²) >= 11 is 1.47. The molecule has 0 aliphatic carbocycles. The van der Waals surface area contributed by atoms with Crippen LogP contribution in [0.5, 0.6) is 0 Å². The van der Waals surface area contributed by atoms with Gasteiger partial charge in [-0.25, -0.2) is 0 Å². The van der Waals surface area contributed by atoms with Crippen molar-refractivity contribution in [2.24, 2.45) is 5.73 Å². The van der Waals surface area contributed by atoms with E-state index < -0.39 is 23.4 Å². The lowest BCUT2D eigenvalue weighted by Crippen LogP contribution is -2.28. The van der Waals surface area contributed by atoms with Gasteiger partial charge >= 0.3 is 5.97 Å². The summed E-state index contributed by atoms with van der Waals surface area (Å²) in [6, 6.07) is 1.80. The standard InChI is InChI=1S/C12H17NO3S/c1-12(2,3)16-10(14)6-9(11(13)15)8-4-5-17-7-8/h4-5,7,9H,6H2,1-3H3,(H2,13,15)/t9-/m1/s1. The highest BCUT2D eigenvalue weighted by molar-refractivity contribution is 7.08. The summed E-state index contributed by atoms with van der Waals surface area (Å²) in [4.78, 5) is 23.0. The zero-order valence-electron chi connectivity index (χ0n) is 10.2. The van der Waals surface area contributed by atoms with Crippen molar-refractivity contribution in [3.05, 3.63) is 22.4 Å². The Hall–Kier alpha value is -1.36. The highest BCUT2D eigenvalue weighted by Crippen LogP contribution is 2.23. The lowest BCUT2D eigenvalue weighted by atomic mass is 9.98. The minimum Gasteiger partial charge on any atom is -0.460 e. The molecule has 0 saturated carbocycles. The molecule has 5 heteroatoms. The number of amides is 1. The number of carbonyl (C=O) groups is 2. The summed E-state index contributed by atoms with van der Waals surface area (Å²) in [5.41, 5.74) is 5.52. The Kier molecular flexibility index (Phi) is 4.28. The fourth-order valence-corrected chi connectivity index (χ4v) is 2.12. The summed E-state index contributed by atoms with van der Waals surface area (Å²) < 4.78 is 5.17. The van der Waals surface area contributed by atoms with Gasteiger partial charge in [0.2, 0.25) is 5.91 Å². The number of ether oxygens (including phenoxy) is 1. The number of nitrogens with two attached hydrogens (primary N) is 1. The van der Waals surface area contributed by atoms with Gasteiger partial charge in [0.05, 0.1) is 12.3 Å². The van der Waals surface area contributed by atoms with E-state index in [0.29, 0.717) is 0 Å². The Balaban J connectivity index is 2.69. The van der Waals surface area contributed by atoms with Crippen LogP contribution in [0.25, 0.3) is 0 Å². The molecule has 0 aromatic carbocycles. The maximum Gasteiger partial charge on any atom is 0.307 e. The fourth-order valence-electron chi connectivity index (χ4n) is 1.41. The normalized spacial score (nSPS) is 13.1. The van der Waals surface area contributed by atoms with E-state index in [1.165, 1.54) is 11.3 Å². The molecule has 0 unspecified atom stereocenters. The van der Waals surface area contributed by atoms with Crippen molar-refractivity contribution in [2.45, 2.75) is 38.7 Å². The van der Waals surface area contributed by atoms with Crippen LogP contribution in [0.4, 0.5) is 0 Å². The molecule has 4 nitrogen and oxygen atoms in total. The summed E-state index contributed by atoms with van der Waals surface area (Å²) in [6.07, 6.45) is -0.0106. The van der Waals surface area contributed by atoms with Crippen molar-refractivity contribution in [3.8, 4) is 0 Å². The lowest BCUT2D eigenvalue weighted by molar-refractivity contribution is -0.156. The van der Waals surface area contributed by atoms with Gasteiger partial charge in [-0.2, -0.15) is 11.3 Å². The molecule has 1 aromatic heterocycles. The van der Waals surface area contributed by atoms with Gasteiger partial charge in [0.25, 0.3) is 0 Å². The monoisotopic (exact) mass is 255 g/mol. The number of hydrogen-bond acceptors (Lipinski definition) is 4. The number of primary amides is 1. The molecule has 1 atom stereocenters. The first kappa shape index (κ1) is 13.7. The summed E-state index contributed by atoms with van der Waals surface area (Å²) in [7, 11) is 0. The van der Waals surface area contributed by atoms with Crippen molar-refractivity contribution in [1.29, 1.82) is 0 Å². The summed E-state index contributed by atoms with van der Waals surface area (Å²) in [5, 5.41) is 3.67. The Morgan fingerprint density at radius 2 is 2.12 bits per heavy atom. The van der Waals surface area contributed by atoms with Gasteiger partial charge in [0.1, 0.15) is 5.60 Å². The van der Waals surface area contributed by atoms with Crippen LogP contribution in [-0.4, -0.2) is 17.5 Å². The molecular weight excluding hydrogens is 238 g/mol. The third-order valence-corrected chi connectivity index (χ3v) is 2.78. The number of rotatable bonds is 4. The van der Waals surface area contributed by atoms with Crippen LogP contribution in [0.3, 0.4) is 0 Å². The molecule has 94 valence electrons.